The molecule has 0 atom stereocenters. The zero-order chi connectivity index (χ0) is 14.9. The third kappa shape index (κ3) is 3.24. The van der Waals surface area contributed by atoms with Crippen LogP contribution in [0.25, 0.3) is 0 Å². The van der Waals surface area contributed by atoms with Gasteiger partial charge in [-0.25, -0.2) is 0 Å². The third-order valence-electron chi connectivity index (χ3n) is 5.48. The van der Waals surface area contributed by atoms with Crippen molar-refractivity contribution in [2.75, 3.05) is 44.2 Å². The van der Waals surface area contributed by atoms with Gasteiger partial charge >= 0.3 is 0 Å². The van der Waals surface area contributed by atoms with Gasteiger partial charge in [0, 0.05) is 38.4 Å². The van der Waals surface area contributed by atoms with E-state index in [1.54, 1.807) is 0 Å². The Balaban J connectivity index is 1.57. The maximum absolute atomic E-state index is 5.76. The molecule has 0 bridgehead atoms. The summed E-state index contributed by atoms with van der Waals surface area (Å²) in [6, 6.07) is 6.66. The molecule has 1 aliphatic heterocycles. The number of nitrogens with two attached hydrogens (primary N) is 1. The van der Waals surface area contributed by atoms with Crippen LogP contribution in [0.15, 0.2) is 18.2 Å². The van der Waals surface area contributed by atoms with Crippen LogP contribution in [0.3, 0.4) is 0 Å². The molecule has 1 aromatic carbocycles. The zero-order valence-corrected chi connectivity index (χ0v) is 13.6. The van der Waals surface area contributed by atoms with Crippen molar-refractivity contribution < 1.29 is 0 Å². The molecular formula is C18H29N3. The van der Waals surface area contributed by atoms with Crippen LogP contribution in [-0.2, 0) is 0 Å². The quantitative estimate of drug-likeness (QED) is 0.903. The van der Waals surface area contributed by atoms with Crippen LogP contribution in [-0.4, -0.2) is 44.2 Å². The average molecular weight is 287 g/mol. The first-order valence-electron chi connectivity index (χ1n) is 8.37. The Morgan fingerprint density at radius 2 is 1.81 bits per heavy atom. The highest BCUT2D eigenvalue weighted by atomic mass is 15.3. The number of aryl methyl sites for hydroxylation is 1. The largest absolute Gasteiger partial charge is 0.369 e. The topological polar surface area (TPSA) is 32.5 Å². The minimum absolute atomic E-state index is 0.580. The van der Waals surface area contributed by atoms with Gasteiger partial charge in [-0.2, -0.15) is 0 Å². The van der Waals surface area contributed by atoms with Crippen molar-refractivity contribution in [2.45, 2.75) is 33.1 Å². The molecule has 0 unspecified atom stereocenters. The maximum Gasteiger partial charge on any atom is 0.0399 e. The Bertz CT molecular complexity index is 485. The van der Waals surface area contributed by atoms with Gasteiger partial charge in [0.25, 0.3) is 0 Å². The van der Waals surface area contributed by atoms with Crippen molar-refractivity contribution in [3.8, 4) is 0 Å². The first kappa shape index (κ1) is 14.9. The molecule has 3 rings (SSSR count). The van der Waals surface area contributed by atoms with Gasteiger partial charge in [-0.05, 0) is 62.3 Å². The fourth-order valence-corrected chi connectivity index (χ4v) is 3.67. The molecule has 0 aromatic heterocycles. The van der Waals surface area contributed by atoms with E-state index in [-0.39, 0.29) is 0 Å². The number of hydrogen-bond acceptors (Lipinski definition) is 3. The van der Waals surface area contributed by atoms with Crippen LogP contribution >= 0.6 is 0 Å². The molecule has 116 valence electrons. The van der Waals surface area contributed by atoms with E-state index in [0.29, 0.717) is 5.41 Å². The molecule has 1 aliphatic carbocycles. The standard InChI is InChI=1S/C18H29N3/c1-15-4-3-5-17(16(15)2)21-12-10-20(11-13-21)14-18(6-7-18)8-9-19/h3-5H,6-14,19H2,1-2H3. The summed E-state index contributed by atoms with van der Waals surface area (Å²) in [7, 11) is 0. The molecule has 21 heavy (non-hydrogen) atoms. The molecule has 0 radical (unpaired) electrons. The van der Waals surface area contributed by atoms with E-state index in [1.165, 1.54) is 55.7 Å². The number of nitrogens with zero attached hydrogens (tertiary/aromatic N) is 2. The van der Waals surface area contributed by atoms with Crippen LogP contribution in [0.5, 0.6) is 0 Å². The molecule has 2 aliphatic rings. The van der Waals surface area contributed by atoms with E-state index >= 15 is 0 Å². The Kier molecular flexibility index (Phi) is 4.23. The molecule has 1 saturated heterocycles. The molecule has 1 heterocycles. The molecular weight excluding hydrogens is 258 g/mol. The van der Waals surface area contributed by atoms with E-state index < -0.39 is 0 Å². The summed E-state index contributed by atoms with van der Waals surface area (Å²) in [5, 5.41) is 0. The van der Waals surface area contributed by atoms with Gasteiger partial charge in [-0.3, -0.25) is 4.90 Å². The van der Waals surface area contributed by atoms with E-state index in [9.17, 15) is 0 Å². The van der Waals surface area contributed by atoms with Crippen LogP contribution in [0.2, 0.25) is 0 Å². The SMILES string of the molecule is Cc1cccc(N2CCN(CC3(CCN)CC3)CC2)c1C. The Labute approximate surface area is 129 Å². The first-order chi connectivity index (χ1) is 10.1. The molecule has 2 fully saturated rings. The minimum Gasteiger partial charge on any atom is -0.369 e. The number of piperazine rings is 1. The van der Waals surface area contributed by atoms with Gasteiger partial charge in [-0.1, -0.05) is 12.1 Å². The lowest BCUT2D eigenvalue weighted by Crippen LogP contribution is -2.48. The molecule has 2 N–H and O–H groups in total. The summed E-state index contributed by atoms with van der Waals surface area (Å²) in [6.07, 6.45) is 3.99. The number of benzene rings is 1. The fraction of sp³-hybridized carbons (Fsp3) is 0.667. The molecule has 1 aromatic rings. The summed E-state index contributed by atoms with van der Waals surface area (Å²) in [5.41, 5.74) is 10.6. The second kappa shape index (κ2) is 5.98. The second-order valence-corrected chi connectivity index (χ2v) is 7.02. The molecule has 0 spiro atoms. The lowest BCUT2D eigenvalue weighted by atomic mass is 10.0. The Morgan fingerprint density at radius 1 is 1.10 bits per heavy atom. The molecule has 3 nitrogen and oxygen atoms in total. The molecule has 0 amide bonds. The highest BCUT2D eigenvalue weighted by molar-refractivity contribution is 5.56. The van der Waals surface area contributed by atoms with Gasteiger partial charge in [-0.15, -0.1) is 0 Å². The van der Waals surface area contributed by atoms with Gasteiger partial charge in [0.2, 0.25) is 0 Å². The summed E-state index contributed by atoms with van der Waals surface area (Å²) >= 11 is 0. The monoisotopic (exact) mass is 287 g/mol. The minimum atomic E-state index is 0.580. The van der Waals surface area contributed by atoms with E-state index in [0.717, 1.165) is 19.6 Å². The van der Waals surface area contributed by atoms with Crippen molar-refractivity contribution in [1.82, 2.24) is 4.90 Å². The predicted molar refractivity (Wildman–Crippen MR) is 89.9 cm³/mol. The predicted octanol–water partition coefficient (Wildman–Crippen LogP) is 2.55. The van der Waals surface area contributed by atoms with Crippen LogP contribution < -0.4 is 10.6 Å². The van der Waals surface area contributed by atoms with Crippen LogP contribution in [0, 0.1) is 19.3 Å². The van der Waals surface area contributed by atoms with E-state index in [2.05, 4.69) is 41.8 Å². The zero-order valence-electron chi connectivity index (χ0n) is 13.6. The van der Waals surface area contributed by atoms with Crippen molar-refractivity contribution >= 4 is 5.69 Å². The Morgan fingerprint density at radius 3 is 2.43 bits per heavy atom. The lowest BCUT2D eigenvalue weighted by Gasteiger charge is -2.38. The highest BCUT2D eigenvalue weighted by Crippen LogP contribution is 2.49. The third-order valence-corrected chi connectivity index (χ3v) is 5.48. The number of anilines is 1. The maximum atomic E-state index is 5.76. The fourth-order valence-electron chi connectivity index (χ4n) is 3.67. The Hall–Kier alpha value is -1.06. The van der Waals surface area contributed by atoms with Gasteiger partial charge < -0.3 is 10.6 Å². The van der Waals surface area contributed by atoms with Crippen molar-refractivity contribution in [2.24, 2.45) is 11.1 Å². The average Bonchev–Trinajstić information content (AvgIpc) is 3.23. The van der Waals surface area contributed by atoms with E-state index in [1.807, 2.05) is 0 Å². The lowest BCUT2D eigenvalue weighted by molar-refractivity contribution is 0.203. The van der Waals surface area contributed by atoms with Crippen molar-refractivity contribution in [3.63, 3.8) is 0 Å². The summed E-state index contributed by atoms with van der Waals surface area (Å²) < 4.78 is 0. The first-order valence-corrected chi connectivity index (χ1v) is 8.37. The molecule has 1 saturated carbocycles. The smallest absolute Gasteiger partial charge is 0.0399 e. The van der Waals surface area contributed by atoms with Crippen LogP contribution in [0.1, 0.15) is 30.4 Å². The molecule has 3 heteroatoms. The normalized spacial score (nSPS) is 21.6. The summed E-state index contributed by atoms with van der Waals surface area (Å²) in [4.78, 5) is 5.21. The number of hydrogen-bond donors (Lipinski definition) is 1. The summed E-state index contributed by atoms with van der Waals surface area (Å²) in [5.74, 6) is 0. The second-order valence-electron chi connectivity index (χ2n) is 7.02. The van der Waals surface area contributed by atoms with Crippen molar-refractivity contribution in [1.29, 1.82) is 0 Å². The van der Waals surface area contributed by atoms with Crippen LogP contribution in [0.4, 0.5) is 5.69 Å². The van der Waals surface area contributed by atoms with Crippen molar-refractivity contribution in [3.05, 3.63) is 29.3 Å². The number of rotatable bonds is 5. The van der Waals surface area contributed by atoms with Gasteiger partial charge in [0.15, 0.2) is 0 Å². The summed E-state index contributed by atoms with van der Waals surface area (Å²) in [6.45, 7) is 11.3. The van der Waals surface area contributed by atoms with Gasteiger partial charge in [0.05, 0.1) is 0 Å². The highest BCUT2D eigenvalue weighted by Gasteiger charge is 2.43. The van der Waals surface area contributed by atoms with E-state index in [4.69, 9.17) is 5.73 Å². The van der Waals surface area contributed by atoms with Gasteiger partial charge in [0.1, 0.15) is 0 Å².